The lowest BCUT2D eigenvalue weighted by Gasteiger charge is -2.36. The summed E-state index contributed by atoms with van der Waals surface area (Å²) < 4.78 is 1.07. The smallest absolute Gasteiger partial charge is 0.142 e. The van der Waals surface area contributed by atoms with Gasteiger partial charge >= 0.3 is 0 Å². The van der Waals surface area contributed by atoms with Gasteiger partial charge in [-0.2, -0.15) is 0 Å². The van der Waals surface area contributed by atoms with E-state index in [4.69, 9.17) is 0 Å². The number of halogens is 2. The van der Waals surface area contributed by atoms with Crippen molar-refractivity contribution in [2.75, 3.05) is 11.9 Å². The van der Waals surface area contributed by atoms with Crippen LogP contribution in [0.1, 0.15) is 25.7 Å². The SMILES string of the molecule is CN(c1ncccc1Br)C1CCCCC1Br. The monoisotopic (exact) mass is 346 g/mol. The average Bonchev–Trinajstić information content (AvgIpc) is 2.29. The second-order valence-corrected chi connectivity index (χ2v) is 6.32. The molecule has 1 heterocycles. The molecule has 0 bridgehead atoms. The minimum absolute atomic E-state index is 0.556. The molecule has 2 unspecified atom stereocenters. The van der Waals surface area contributed by atoms with Gasteiger partial charge in [-0.05, 0) is 40.9 Å². The Kier molecular flexibility index (Phi) is 4.25. The topological polar surface area (TPSA) is 16.1 Å². The van der Waals surface area contributed by atoms with E-state index in [2.05, 4.69) is 48.8 Å². The van der Waals surface area contributed by atoms with Crippen LogP contribution in [-0.4, -0.2) is 22.9 Å². The number of nitrogens with zero attached hydrogens (tertiary/aromatic N) is 2. The van der Waals surface area contributed by atoms with Crippen molar-refractivity contribution in [1.82, 2.24) is 4.98 Å². The van der Waals surface area contributed by atoms with E-state index in [9.17, 15) is 0 Å². The summed E-state index contributed by atoms with van der Waals surface area (Å²) >= 11 is 7.36. The Bertz CT molecular complexity index is 357. The summed E-state index contributed by atoms with van der Waals surface area (Å²) in [7, 11) is 2.14. The lowest BCUT2D eigenvalue weighted by molar-refractivity contribution is 0.442. The quantitative estimate of drug-likeness (QED) is 0.752. The molecule has 1 aliphatic carbocycles. The minimum Gasteiger partial charge on any atom is -0.355 e. The number of aromatic nitrogens is 1. The lowest BCUT2D eigenvalue weighted by Crippen LogP contribution is -2.41. The van der Waals surface area contributed by atoms with Crippen LogP contribution in [0.3, 0.4) is 0 Å². The van der Waals surface area contributed by atoms with Gasteiger partial charge in [-0.15, -0.1) is 0 Å². The first-order chi connectivity index (χ1) is 7.70. The third-order valence-corrected chi connectivity index (χ3v) is 4.90. The predicted molar refractivity (Wildman–Crippen MR) is 75.3 cm³/mol. The van der Waals surface area contributed by atoms with Crippen LogP contribution in [0, 0.1) is 0 Å². The zero-order chi connectivity index (χ0) is 11.5. The fourth-order valence-corrected chi connectivity index (χ4v) is 3.77. The fourth-order valence-electron chi connectivity index (χ4n) is 2.30. The van der Waals surface area contributed by atoms with Crippen LogP contribution in [-0.2, 0) is 0 Å². The summed E-state index contributed by atoms with van der Waals surface area (Å²) in [5, 5.41) is 0. The van der Waals surface area contributed by atoms with Crippen LogP contribution < -0.4 is 4.90 Å². The number of pyridine rings is 1. The second-order valence-electron chi connectivity index (χ2n) is 4.29. The zero-order valence-electron chi connectivity index (χ0n) is 9.37. The van der Waals surface area contributed by atoms with Crippen molar-refractivity contribution in [1.29, 1.82) is 0 Å². The fraction of sp³-hybridized carbons (Fsp3) is 0.583. The van der Waals surface area contributed by atoms with Crippen LogP contribution in [0.5, 0.6) is 0 Å². The van der Waals surface area contributed by atoms with Crippen molar-refractivity contribution >= 4 is 37.7 Å². The number of rotatable bonds is 2. The molecule has 1 saturated carbocycles. The van der Waals surface area contributed by atoms with Crippen molar-refractivity contribution in [3.8, 4) is 0 Å². The highest BCUT2D eigenvalue weighted by Crippen LogP contribution is 2.32. The van der Waals surface area contributed by atoms with Crippen LogP contribution in [0.2, 0.25) is 0 Å². The molecule has 88 valence electrons. The molecular weight excluding hydrogens is 332 g/mol. The van der Waals surface area contributed by atoms with Crippen molar-refractivity contribution in [2.24, 2.45) is 0 Å². The molecule has 2 rings (SSSR count). The normalized spacial score (nSPS) is 25.4. The summed E-state index contributed by atoms with van der Waals surface area (Å²) in [6.45, 7) is 0. The molecule has 0 spiro atoms. The summed E-state index contributed by atoms with van der Waals surface area (Å²) in [5.41, 5.74) is 0. The Morgan fingerprint density at radius 1 is 1.38 bits per heavy atom. The zero-order valence-corrected chi connectivity index (χ0v) is 12.5. The van der Waals surface area contributed by atoms with Crippen molar-refractivity contribution in [3.05, 3.63) is 22.8 Å². The molecule has 0 saturated heterocycles. The first-order valence-electron chi connectivity index (χ1n) is 5.67. The Morgan fingerprint density at radius 2 is 2.12 bits per heavy atom. The van der Waals surface area contributed by atoms with E-state index in [-0.39, 0.29) is 0 Å². The molecule has 16 heavy (non-hydrogen) atoms. The Labute approximate surface area is 114 Å². The molecular formula is C12H16Br2N2. The first kappa shape index (κ1) is 12.4. The predicted octanol–water partition coefficient (Wildman–Crippen LogP) is 3.99. The number of anilines is 1. The van der Waals surface area contributed by atoms with Gasteiger partial charge in [0, 0.05) is 24.1 Å². The molecule has 1 aliphatic rings. The van der Waals surface area contributed by atoms with Crippen LogP contribution in [0.15, 0.2) is 22.8 Å². The van der Waals surface area contributed by atoms with E-state index >= 15 is 0 Å². The van der Waals surface area contributed by atoms with Gasteiger partial charge in [0.2, 0.25) is 0 Å². The van der Waals surface area contributed by atoms with Crippen LogP contribution in [0.25, 0.3) is 0 Å². The molecule has 0 radical (unpaired) electrons. The minimum atomic E-state index is 0.556. The van der Waals surface area contributed by atoms with Gasteiger partial charge < -0.3 is 4.90 Å². The standard InChI is InChI=1S/C12H16Br2N2/c1-16(11-7-3-2-5-9(11)13)12-10(14)6-4-8-15-12/h4,6,8-9,11H,2-3,5,7H2,1H3. The molecule has 0 aliphatic heterocycles. The van der Waals surface area contributed by atoms with E-state index in [1.54, 1.807) is 0 Å². The molecule has 0 aromatic carbocycles. The third kappa shape index (κ3) is 2.59. The van der Waals surface area contributed by atoms with E-state index in [0.717, 1.165) is 10.3 Å². The van der Waals surface area contributed by atoms with Crippen molar-refractivity contribution in [3.63, 3.8) is 0 Å². The third-order valence-electron chi connectivity index (χ3n) is 3.22. The molecule has 1 fully saturated rings. The maximum absolute atomic E-state index is 4.45. The summed E-state index contributed by atoms with van der Waals surface area (Å²) in [6, 6.07) is 4.55. The Morgan fingerprint density at radius 3 is 2.81 bits per heavy atom. The molecule has 2 nitrogen and oxygen atoms in total. The number of alkyl halides is 1. The molecule has 0 amide bonds. The highest BCUT2D eigenvalue weighted by atomic mass is 79.9. The molecule has 1 aromatic heterocycles. The molecule has 2 atom stereocenters. The van der Waals surface area contributed by atoms with Crippen LogP contribution >= 0.6 is 31.9 Å². The van der Waals surface area contributed by atoms with Crippen molar-refractivity contribution < 1.29 is 0 Å². The summed E-state index contributed by atoms with van der Waals surface area (Å²) in [4.78, 5) is 7.32. The highest BCUT2D eigenvalue weighted by Gasteiger charge is 2.27. The van der Waals surface area contributed by atoms with Gasteiger partial charge in [0.1, 0.15) is 5.82 Å². The van der Waals surface area contributed by atoms with Crippen LogP contribution in [0.4, 0.5) is 5.82 Å². The van der Waals surface area contributed by atoms with Gasteiger partial charge in [-0.25, -0.2) is 4.98 Å². The number of hydrogen-bond acceptors (Lipinski definition) is 2. The average molecular weight is 348 g/mol. The van der Waals surface area contributed by atoms with E-state index < -0.39 is 0 Å². The summed E-state index contributed by atoms with van der Waals surface area (Å²) in [5.74, 6) is 1.04. The Hall–Kier alpha value is -0.0900. The number of hydrogen-bond donors (Lipinski definition) is 0. The summed E-state index contributed by atoms with van der Waals surface area (Å²) in [6.07, 6.45) is 7.02. The first-order valence-corrected chi connectivity index (χ1v) is 7.38. The lowest BCUT2D eigenvalue weighted by atomic mass is 9.94. The molecule has 0 N–H and O–H groups in total. The van der Waals surface area contributed by atoms with Gasteiger partial charge in [0.15, 0.2) is 0 Å². The van der Waals surface area contributed by atoms with Gasteiger partial charge in [0.05, 0.1) is 4.47 Å². The van der Waals surface area contributed by atoms with Gasteiger partial charge in [0.25, 0.3) is 0 Å². The van der Waals surface area contributed by atoms with E-state index in [0.29, 0.717) is 10.9 Å². The second kappa shape index (κ2) is 5.50. The van der Waals surface area contributed by atoms with E-state index in [1.165, 1.54) is 25.7 Å². The van der Waals surface area contributed by atoms with Gasteiger partial charge in [-0.1, -0.05) is 28.8 Å². The maximum Gasteiger partial charge on any atom is 0.142 e. The Balaban J connectivity index is 2.17. The maximum atomic E-state index is 4.45. The molecule has 4 heteroatoms. The van der Waals surface area contributed by atoms with E-state index in [1.807, 2.05) is 18.3 Å². The largest absolute Gasteiger partial charge is 0.355 e. The molecule has 1 aromatic rings. The van der Waals surface area contributed by atoms with Crippen molar-refractivity contribution in [2.45, 2.75) is 36.6 Å². The van der Waals surface area contributed by atoms with Gasteiger partial charge in [-0.3, -0.25) is 0 Å². The highest BCUT2D eigenvalue weighted by molar-refractivity contribution is 9.10.